The van der Waals surface area contributed by atoms with E-state index in [1.54, 1.807) is 6.26 Å². The molecule has 1 saturated carbocycles. The molecule has 0 aliphatic heterocycles. The Kier molecular flexibility index (Phi) is 2.71. The SMILES string of the molecule is Clc1ccc(-c2nc(CNC3CC3)co2)s1. The number of oxazole rings is 1. The molecule has 0 saturated heterocycles. The summed E-state index contributed by atoms with van der Waals surface area (Å²) in [4.78, 5) is 5.39. The van der Waals surface area contributed by atoms with E-state index in [2.05, 4.69) is 10.3 Å². The number of halogens is 1. The van der Waals surface area contributed by atoms with Crippen LogP contribution in [0.5, 0.6) is 0 Å². The molecule has 1 aliphatic rings. The first-order chi connectivity index (χ1) is 7.81. The summed E-state index contributed by atoms with van der Waals surface area (Å²) in [6.45, 7) is 0.785. The first kappa shape index (κ1) is 10.3. The summed E-state index contributed by atoms with van der Waals surface area (Å²) in [5, 5.41) is 3.40. The molecule has 0 amide bonds. The lowest BCUT2D eigenvalue weighted by Gasteiger charge is -1.95. The molecule has 3 rings (SSSR count). The molecule has 84 valence electrons. The smallest absolute Gasteiger partial charge is 0.236 e. The summed E-state index contributed by atoms with van der Waals surface area (Å²) in [5.41, 5.74) is 0.950. The molecule has 1 aliphatic carbocycles. The first-order valence-corrected chi connectivity index (χ1v) is 6.44. The fourth-order valence-electron chi connectivity index (χ4n) is 1.47. The number of hydrogen-bond acceptors (Lipinski definition) is 4. The van der Waals surface area contributed by atoms with Gasteiger partial charge in [0, 0.05) is 12.6 Å². The third-order valence-corrected chi connectivity index (χ3v) is 3.70. The van der Waals surface area contributed by atoms with E-state index < -0.39 is 0 Å². The zero-order chi connectivity index (χ0) is 11.0. The fraction of sp³-hybridized carbons (Fsp3) is 0.364. The second-order valence-electron chi connectivity index (χ2n) is 3.90. The van der Waals surface area contributed by atoms with Crippen LogP contribution in [0.2, 0.25) is 4.34 Å². The van der Waals surface area contributed by atoms with Crippen molar-refractivity contribution in [3.8, 4) is 10.8 Å². The van der Waals surface area contributed by atoms with Gasteiger partial charge in [-0.1, -0.05) is 11.6 Å². The average Bonchev–Trinajstić information content (AvgIpc) is 2.81. The molecule has 0 unspecified atom stereocenters. The maximum absolute atomic E-state index is 5.86. The van der Waals surface area contributed by atoms with Gasteiger partial charge in [0.15, 0.2) is 0 Å². The van der Waals surface area contributed by atoms with Gasteiger partial charge in [0.25, 0.3) is 0 Å². The number of hydrogen-bond donors (Lipinski definition) is 1. The number of nitrogens with zero attached hydrogens (tertiary/aromatic N) is 1. The Balaban J connectivity index is 1.71. The predicted molar refractivity (Wildman–Crippen MR) is 64.7 cm³/mol. The van der Waals surface area contributed by atoms with Crippen molar-refractivity contribution in [3.05, 3.63) is 28.4 Å². The summed E-state index contributed by atoms with van der Waals surface area (Å²) in [6, 6.07) is 4.47. The highest BCUT2D eigenvalue weighted by atomic mass is 35.5. The van der Waals surface area contributed by atoms with Crippen molar-refractivity contribution in [2.24, 2.45) is 0 Å². The second kappa shape index (κ2) is 4.20. The summed E-state index contributed by atoms with van der Waals surface area (Å²) in [6.07, 6.45) is 4.27. The van der Waals surface area contributed by atoms with E-state index in [1.165, 1.54) is 24.2 Å². The van der Waals surface area contributed by atoms with Crippen LogP contribution in [0.3, 0.4) is 0 Å². The highest BCUT2D eigenvalue weighted by Crippen LogP contribution is 2.30. The lowest BCUT2D eigenvalue weighted by Crippen LogP contribution is -2.15. The molecule has 5 heteroatoms. The highest BCUT2D eigenvalue weighted by Gasteiger charge is 2.20. The summed E-state index contributed by atoms with van der Waals surface area (Å²) >= 11 is 7.34. The minimum Gasteiger partial charge on any atom is -0.444 e. The average molecular weight is 255 g/mol. The van der Waals surface area contributed by atoms with Crippen molar-refractivity contribution >= 4 is 22.9 Å². The third kappa shape index (κ3) is 2.29. The van der Waals surface area contributed by atoms with E-state index in [1.807, 2.05) is 12.1 Å². The highest BCUT2D eigenvalue weighted by molar-refractivity contribution is 7.19. The van der Waals surface area contributed by atoms with Gasteiger partial charge in [-0.15, -0.1) is 11.3 Å². The van der Waals surface area contributed by atoms with E-state index >= 15 is 0 Å². The quantitative estimate of drug-likeness (QED) is 0.910. The zero-order valence-electron chi connectivity index (χ0n) is 8.57. The van der Waals surface area contributed by atoms with Crippen molar-refractivity contribution in [3.63, 3.8) is 0 Å². The monoisotopic (exact) mass is 254 g/mol. The maximum Gasteiger partial charge on any atom is 0.236 e. The molecule has 2 heterocycles. The molecule has 0 bridgehead atoms. The Morgan fingerprint density at radius 1 is 1.50 bits per heavy atom. The molecule has 0 radical (unpaired) electrons. The van der Waals surface area contributed by atoms with Crippen molar-refractivity contribution in [1.29, 1.82) is 0 Å². The van der Waals surface area contributed by atoms with Crippen molar-refractivity contribution in [2.45, 2.75) is 25.4 Å². The standard InChI is InChI=1S/C11H11ClN2OS/c12-10-4-3-9(16-10)11-14-8(6-15-11)5-13-7-1-2-7/h3-4,6-7,13H,1-2,5H2. The fourth-order valence-corrected chi connectivity index (χ4v) is 2.44. The molecule has 2 aromatic heterocycles. The van der Waals surface area contributed by atoms with E-state index in [4.69, 9.17) is 16.0 Å². The van der Waals surface area contributed by atoms with Gasteiger partial charge >= 0.3 is 0 Å². The van der Waals surface area contributed by atoms with Gasteiger partial charge in [0.1, 0.15) is 6.26 Å². The van der Waals surface area contributed by atoms with Crippen LogP contribution < -0.4 is 5.32 Å². The Labute approximate surface area is 102 Å². The molecule has 0 spiro atoms. The molecule has 3 nitrogen and oxygen atoms in total. The number of aromatic nitrogens is 1. The topological polar surface area (TPSA) is 38.1 Å². The van der Waals surface area contributed by atoms with Gasteiger partial charge < -0.3 is 9.73 Å². The lowest BCUT2D eigenvalue weighted by atomic mass is 10.4. The van der Waals surface area contributed by atoms with Gasteiger partial charge in [-0.3, -0.25) is 0 Å². The molecule has 16 heavy (non-hydrogen) atoms. The van der Waals surface area contributed by atoms with Gasteiger partial charge in [0.2, 0.25) is 5.89 Å². The second-order valence-corrected chi connectivity index (χ2v) is 5.62. The van der Waals surface area contributed by atoms with Crippen LogP contribution in [0.1, 0.15) is 18.5 Å². The van der Waals surface area contributed by atoms with Crippen LogP contribution in [0.25, 0.3) is 10.8 Å². The predicted octanol–water partition coefficient (Wildman–Crippen LogP) is 3.31. The van der Waals surface area contributed by atoms with Gasteiger partial charge in [-0.05, 0) is 25.0 Å². The van der Waals surface area contributed by atoms with Crippen molar-refractivity contribution in [2.75, 3.05) is 0 Å². The zero-order valence-corrected chi connectivity index (χ0v) is 10.1. The number of nitrogens with one attached hydrogen (secondary N) is 1. The van der Waals surface area contributed by atoms with Crippen molar-refractivity contribution < 1.29 is 4.42 Å². The molecular formula is C11H11ClN2OS. The Hall–Kier alpha value is -0.840. The van der Waals surface area contributed by atoms with Crippen LogP contribution in [-0.2, 0) is 6.54 Å². The molecule has 1 fully saturated rings. The summed E-state index contributed by atoms with van der Waals surface area (Å²) < 4.78 is 6.17. The van der Waals surface area contributed by atoms with Crippen LogP contribution in [0.15, 0.2) is 22.8 Å². The van der Waals surface area contributed by atoms with Crippen molar-refractivity contribution in [1.82, 2.24) is 10.3 Å². The van der Waals surface area contributed by atoms with E-state index in [-0.39, 0.29) is 0 Å². The number of thiophene rings is 1. The first-order valence-electron chi connectivity index (χ1n) is 5.25. The molecular weight excluding hydrogens is 244 g/mol. The van der Waals surface area contributed by atoms with Crippen LogP contribution >= 0.6 is 22.9 Å². The summed E-state index contributed by atoms with van der Waals surface area (Å²) in [7, 11) is 0. The van der Waals surface area contributed by atoms with Crippen LogP contribution in [-0.4, -0.2) is 11.0 Å². The Bertz CT molecular complexity index is 490. The molecule has 1 N–H and O–H groups in total. The minimum atomic E-state index is 0.657. The van der Waals surface area contributed by atoms with Crippen LogP contribution in [0, 0.1) is 0 Å². The molecule has 2 aromatic rings. The van der Waals surface area contributed by atoms with Gasteiger partial charge in [-0.2, -0.15) is 0 Å². The Morgan fingerprint density at radius 3 is 3.06 bits per heavy atom. The molecule has 0 aromatic carbocycles. The maximum atomic E-state index is 5.86. The van der Waals surface area contributed by atoms with E-state index in [9.17, 15) is 0 Å². The minimum absolute atomic E-state index is 0.657. The largest absolute Gasteiger partial charge is 0.444 e. The van der Waals surface area contributed by atoms with Crippen LogP contribution in [0.4, 0.5) is 0 Å². The summed E-state index contributed by atoms with van der Waals surface area (Å²) in [5.74, 6) is 0.657. The van der Waals surface area contributed by atoms with E-state index in [0.29, 0.717) is 11.9 Å². The van der Waals surface area contributed by atoms with E-state index in [0.717, 1.165) is 21.5 Å². The van der Waals surface area contributed by atoms with Gasteiger partial charge in [-0.25, -0.2) is 4.98 Å². The van der Waals surface area contributed by atoms with Gasteiger partial charge in [0.05, 0.1) is 14.9 Å². The lowest BCUT2D eigenvalue weighted by molar-refractivity contribution is 0.571. The normalized spacial score (nSPS) is 15.6. The third-order valence-electron chi connectivity index (χ3n) is 2.48. The Morgan fingerprint density at radius 2 is 2.38 bits per heavy atom. The molecule has 0 atom stereocenters. The number of rotatable bonds is 4.